The lowest BCUT2D eigenvalue weighted by atomic mass is 10.0. The molecular formula is C17H26N2O. The Morgan fingerprint density at radius 3 is 2.70 bits per heavy atom. The smallest absolute Gasteiger partial charge is 0.254 e. The van der Waals surface area contributed by atoms with Gasteiger partial charge in [-0.1, -0.05) is 25.8 Å². The van der Waals surface area contributed by atoms with Crippen LogP contribution in [0.1, 0.15) is 61.5 Å². The largest absolute Gasteiger partial charge is 0.336 e. The van der Waals surface area contributed by atoms with E-state index in [-0.39, 0.29) is 11.9 Å². The SMILES string of the molecule is CCCCCN(C(=O)c1ccc2c(c1)CNC2)C(C)C. The fourth-order valence-electron chi connectivity index (χ4n) is 2.72. The highest BCUT2D eigenvalue weighted by Gasteiger charge is 2.20. The van der Waals surface area contributed by atoms with E-state index >= 15 is 0 Å². The zero-order chi connectivity index (χ0) is 14.5. The van der Waals surface area contributed by atoms with Crippen LogP contribution in [0.2, 0.25) is 0 Å². The van der Waals surface area contributed by atoms with Crippen molar-refractivity contribution in [3.63, 3.8) is 0 Å². The van der Waals surface area contributed by atoms with Crippen molar-refractivity contribution in [1.29, 1.82) is 0 Å². The number of nitrogens with zero attached hydrogens (tertiary/aromatic N) is 1. The molecule has 20 heavy (non-hydrogen) atoms. The zero-order valence-electron chi connectivity index (χ0n) is 12.9. The van der Waals surface area contributed by atoms with Crippen LogP contribution < -0.4 is 5.32 Å². The number of carbonyl (C=O) groups excluding carboxylic acids is 1. The van der Waals surface area contributed by atoms with E-state index in [1.807, 2.05) is 11.0 Å². The highest BCUT2D eigenvalue weighted by Crippen LogP contribution is 2.19. The molecule has 3 nitrogen and oxygen atoms in total. The highest BCUT2D eigenvalue weighted by atomic mass is 16.2. The number of hydrogen-bond donors (Lipinski definition) is 1. The number of unbranched alkanes of at least 4 members (excludes halogenated alkanes) is 2. The maximum atomic E-state index is 12.7. The molecule has 0 saturated heterocycles. The van der Waals surface area contributed by atoms with Crippen LogP contribution in [0.25, 0.3) is 0 Å². The molecule has 2 rings (SSSR count). The molecule has 1 aromatic rings. The molecule has 0 unspecified atom stereocenters. The molecule has 1 aliphatic heterocycles. The third kappa shape index (κ3) is 3.40. The number of amides is 1. The molecule has 1 aromatic carbocycles. The first-order chi connectivity index (χ1) is 9.63. The van der Waals surface area contributed by atoms with Gasteiger partial charge in [0.2, 0.25) is 0 Å². The Labute approximate surface area is 122 Å². The number of benzene rings is 1. The van der Waals surface area contributed by atoms with Crippen LogP contribution in [-0.4, -0.2) is 23.4 Å². The molecule has 110 valence electrons. The summed E-state index contributed by atoms with van der Waals surface area (Å²) in [6, 6.07) is 6.38. The monoisotopic (exact) mass is 274 g/mol. The first-order valence-corrected chi connectivity index (χ1v) is 7.77. The van der Waals surface area contributed by atoms with E-state index in [1.54, 1.807) is 0 Å². The molecule has 0 aromatic heterocycles. The molecule has 0 saturated carbocycles. The van der Waals surface area contributed by atoms with Crippen LogP contribution in [0.5, 0.6) is 0 Å². The van der Waals surface area contributed by atoms with Crippen molar-refractivity contribution >= 4 is 5.91 Å². The van der Waals surface area contributed by atoms with E-state index in [0.717, 1.165) is 31.6 Å². The van der Waals surface area contributed by atoms with Crippen molar-refractivity contribution in [1.82, 2.24) is 10.2 Å². The summed E-state index contributed by atoms with van der Waals surface area (Å²) in [5, 5.41) is 3.32. The van der Waals surface area contributed by atoms with Gasteiger partial charge in [-0.2, -0.15) is 0 Å². The van der Waals surface area contributed by atoms with Gasteiger partial charge >= 0.3 is 0 Å². The molecule has 0 atom stereocenters. The van der Waals surface area contributed by atoms with Crippen molar-refractivity contribution in [3.8, 4) is 0 Å². The highest BCUT2D eigenvalue weighted by molar-refractivity contribution is 5.94. The molecule has 0 fully saturated rings. The first-order valence-electron chi connectivity index (χ1n) is 7.77. The minimum Gasteiger partial charge on any atom is -0.336 e. The number of fused-ring (bicyclic) bond motifs is 1. The summed E-state index contributed by atoms with van der Waals surface area (Å²) in [6.07, 6.45) is 3.46. The summed E-state index contributed by atoms with van der Waals surface area (Å²) in [6.45, 7) is 9.05. The Balaban J connectivity index is 2.10. The van der Waals surface area contributed by atoms with Crippen LogP contribution in [0.15, 0.2) is 18.2 Å². The number of hydrogen-bond acceptors (Lipinski definition) is 2. The minimum atomic E-state index is 0.172. The summed E-state index contributed by atoms with van der Waals surface area (Å²) in [5.74, 6) is 0.172. The maximum Gasteiger partial charge on any atom is 0.254 e. The Morgan fingerprint density at radius 2 is 2.00 bits per heavy atom. The summed E-state index contributed by atoms with van der Waals surface area (Å²) < 4.78 is 0. The normalized spacial score (nSPS) is 13.6. The topological polar surface area (TPSA) is 32.3 Å². The fraction of sp³-hybridized carbons (Fsp3) is 0.588. The van der Waals surface area contributed by atoms with Crippen molar-refractivity contribution < 1.29 is 4.79 Å². The van der Waals surface area contributed by atoms with Gasteiger partial charge in [-0.15, -0.1) is 0 Å². The van der Waals surface area contributed by atoms with E-state index in [2.05, 4.69) is 38.2 Å². The van der Waals surface area contributed by atoms with Gasteiger partial charge in [-0.3, -0.25) is 4.79 Å². The Kier molecular flexibility index (Phi) is 5.18. The van der Waals surface area contributed by atoms with Gasteiger partial charge in [0, 0.05) is 31.2 Å². The van der Waals surface area contributed by atoms with Crippen LogP contribution in [0.4, 0.5) is 0 Å². The number of carbonyl (C=O) groups is 1. The molecule has 0 radical (unpaired) electrons. The predicted octanol–water partition coefficient (Wildman–Crippen LogP) is 3.33. The lowest BCUT2D eigenvalue weighted by Crippen LogP contribution is -2.37. The van der Waals surface area contributed by atoms with E-state index in [4.69, 9.17) is 0 Å². The van der Waals surface area contributed by atoms with Gasteiger partial charge in [0.25, 0.3) is 5.91 Å². The summed E-state index contributed by atoms with van der Waals surface area (Å²) in [4.78, 5) is 14.7. The Hall–Kier alpha value is -1.35. The molecule has 0 aliphatic carbocycles. The molecule has 3 heteroatoms. The second-order valence-corrected chi connectivity index (χ2v) is 5.89. The van der Waals surface area contributed by atoms with Gasteiger partial charge < -0.3 is 10.2 Å². The standard InChI is InChI=1S/C17H26N2O/c1-4-5-6-9-19(13(2)3)17(20)14-7-8-15-11-18-12-16(15)10-14/h7-8,10,13,18H,4-6,9,11-12H2,1-3H3. The second kappa shape index (κ2) is 6.89. The van der Waals surface area contributed by atoms with Crippen LogP contribution in [0, 0.1) is 0 Å². The van der Waals surface area contributed by atoms with E-state index < -0.39 is 0 Å². The molecule has 1 amide bonds. The average molecular weight is 274 g/mol. The van der Waals surface area contributed by atoms with E-state index in [9.17, 15) is 4.79 Å². The third-order valence-corrected chi connectivity index (χ3v) is 3.97. The first kappa shape index (κ1) is 15.0. The second-order valence-electron chi connectivity index (χ2n) is 5.89. The molecule has 1 aliphatic rings. The Bertz CT molecular complexity index is 468. The molecule has 0 spiro atoms. The molecule has 1 heterocycles. The number of rotatable bonds is 6. The average Bonchev–Trinajstić information content (AvgIpc) is 2.89. The van der Waals surface area contributed by atoms with Gasteiger partial charge in [0.05, 0.1) is 0 Å². The number of nitrogens with one attached hydrogen (secondary N) is 1. The fourth-order valence-corrected chi connectivity index (χ4v) is 2.72. The quantitative estimate of drug-likeness (QED) is 0.807. The van der Waals surface area contributed by atoms with Gasteiger partial charge in [-0.25, -0.2) is 0 Å². The summed E-state index contributed by atoms with van der Waals surface area (Å²) in [7, 11) is 0. The van der Waals surface area contributed by atoms with E-state index in [0.29, 0.717) is 0 Å². The van der Waals surface area contributed by atoms with E-state index in [1.165, 1.54) is 24.0 Å². The maximum absolute atomic E-state index is 12.7. The molecule has 0 bridgehead atoms. The van der Waals surface area contributed by atoms with Crippen molar-refractivity contribution in [2.24, 2.45) is 0 Å². The Morgan fingerprint density at radius 1 is 1.25 bits per heavy atom. The van der Waals surface area contributed by atoms with Crippen molar-refractivity contribution in [3.05, 3.63) is 34.9 Å². The lowest BCUT2D eigenvalue weighted by Gasteiger charge is -2.27. The van der Waals surface area contributed by atoms with Crippen molar-refractivity contribution in [2.45, 2.75) is 59.2 Å². The third-order valence-electron chi connectivity index (χ3n) is 3.97. The van der Waals surface area contributed by atoms with Gasteiger partial charge in [-0.05, 0) is 43.5 Å². The van der Waals surface area contributed by atoms with Gasteiger partial charge in [0.1, 0.15) is 0 Å². The minimum absolute atomic E-state index is 0.172. The van der Waals surface area contributed by atoms with Crippen LogP contribution in [-0.2, 0) is 13.1 Å². The summed E-state index contributed by atoms with van der Waals surface area (Å²) >= 11 is 0. The van der Waals surface area contributed by atoms with Crippen LogP contribution in [0.3, 0.4) is 0 Å². The predicted molar refractivity (Wildman–Crippen MR) is 82.7 cm³/mol. The molecule has 1 N–H and O–H groups in total. The zero-order valence-corrected chi connectivity index (χ0v) is 12.9. The van der Waals surface area contributed by atoms with Gasteiger partial charge in [0.15, 0.2) is 0 Å². The van der Waals surface area contributed by atoms with Crippen molar-refractivity contribution in [2.75, 3.05) is 6.54 Å². The lowest BCUT2D eigenvalue weighted by molar-refractivity contribution is 0.0702. The summed E-state index contributed by atoms with van der Waals surface area (Å²) in [5.41, 5.74) is 3.43. The van der Waals surface area contributed by atoms with Crippen LogP contribution >= 0.6 is 0 Å². The molecular weight excluding hydrogens is 248 g/mol.